The van der Waals surface area contributed by atoms with Crippen LogP contribution < -0.4 is 4.31 Å². The van der Waals surface area contributed by atoms with Crippen molar-refractivity contribution in [3.05, 3.63) is 59.9 Å². The van der Waals surface area contributed by atoms with Crippen LogP contribution in [0.25, 0.3) is 0 Å². The first kappa shape index (κ1) is 19.4. The summed E-state index contributed by atoms with van der Waals surface area (Å²) in [6, 6.07) is 11.6. The minimum absolute atomic E-state index is 0.0378. The number of nitrogens with zero attached hydrogens (tertiary/aromatic N) is 2. The zero-order valence-corrected chi connectivity index (χ0v) is 16.2. The van der Waals surface area contributed by atoms with Crippen LogP contribution in [0.3, 0.4) is 0 Å². The molecular weight excluding hydrogens is 367 g/mol. The van der Waals surface area contributed by atoms with Crippen LogP contribution in [0.1, 0.15) is 30.1 Å². The Labute approximate surface area is 159 Å². The highest BCUT2D eigenvalue weighted by atomic mass is 32.2. The Balaban J connectivity index is 1.90. The van der Waals surface area contributed by atoms with E-state index >= 15 is 0 Å². The van der Waals surface area contributed by atoms with Crippen LogP contribution in [0.15, 0.2) is 53.4 Å². The van der Waals surface area contributed by atoms with Crippen LogP contribution in [0.4, 0.5) is 10.1 Å². The summed E-state index contributed by atoms with van der Waals surface area (Å²) in [5, 5.41) is 0. The van der Waals surface area contributed by atoms with E-state index in [4.69, 9.17) is 0 Å². The van der Waals surface area contributed by atoms with Gasteiger partial charge in [-0.3, -0.25) is 9.10 Å². The largest absolute Gasteiger partial charge is 0.338 e. The maximum atomic E-state index is 14.0. The molecule has 2 aromatic rings. The summed E-state index contributed by atoms with van der Waals surface area (Å²) in [6.07, 6.45) is 2.03. The van der Waals surface area contributed by atoms with Gasteiger partial charge in [0.15, 0.2) is 0 Å². The van der Waals surface area contributed by atoms with Gasteiger partial charge in [0.1, 0.15) is 5.82 Å². The smallest absolute Gasteiger partial charge is 0.264 e. The van der Waals surface area contributed by atoms with Gasteiger partial charge in [-0.1, -0.05) is 25.1 Å². The van der Waals surface area contributed by atoms with Gasteiger partial charge in [-0.05, 0) is 49.1 Å². The molecule has 1 unspecified atom stereocenters. The summed E-state index contributed by atoms with van der Waals surface area (Å²) in [5.41, 5.74) is 0.284. The van der Waals surface area contributed by atoms with Gasteiger partial charge in [0, 0.05) is 25.7 Å². The molecule has 7 heteroatoms. The third kappa shape index (κ3) is 3.98. The van der Waals surface area contributed by atoms with E-state index in [0.29, 0.717) is 24.6 Å². The van der Waals surface area contributed by atoms with Crippen molar-refractivity contribution >= 4 is 21.6 Å². The number of para-hydroxylation sites is 1. The Morgan fingerprint density at radius 1 is 1.19 bits per heavy atom. The highest BCUT2D eigenvalue weighted by Gasteiger charge is 2.26. The van der Waals surface area contributed by atoms with E-state index in [1.165, 1.54) is 37.4 Å². The molecule has 1 saturated heterocycles. The van der Waals surface area contributed by atoms with E-state index in [-0.39, 0.29) is 16.5 Å². The molecular formula is C20H23FN2O3S. The molecule has 1 amide bonds. The van der Waals surface area contributed by atoms with Crippen LogP contribution in [0, 0.1) is 11.7 Å². The number of sulfonamides is 1. The van der Waals surface area contributed by atoms with Crippen molar-refractivity contribution in [2.45, 2.75) is 24.7 Å². The van der Waals surface area contributed by atoms with Crippen molar-refractivity contribution in [2.24, 2.45) is 5.92 Å². The third-order valence-corrected chi connectivity index (χ3v) is 6.64. The molecule has 0 aromatic heterocycles. The molecule has 0 spiro atoms. The normalized spacial score (nSPS) is 17.6. The number of likely N-dealkylation sites (tertiary alicyclic amines) is 1. The number of hydrogen-bond acceptors (Lipinski definition) is 3. The number of carbonyl (C=O) groups excluding carboxylic acids is 1. The molecule has 144 valence electrons. The van der Waals surface area contributed by atoms with E-state index in [1.54, 1.807) is 23.1 Å². The summed E-state index contributed by atoms with van der Waals surface area (Å²) in [4.78, 5) is 14.5. The lowest BCUT2D eigenvalue weighted by molar-refractivity contribution is 0.0683. The summed E-state index contributed by atoms with van der Waals surface area (Å²) >= 11 is 0. The number of benzene rings is 2. The lowest BCUT2D eigenvalue weighted by atomic mass is 9.99. The fraction of sp³-hybridized carbons (Fsp3) is 0.350. The summed E-state index contributed by atoms with van der Waals surface area (Å²) in [6.45, 7) is 3.45. The standard InChI is InChI=1S/C20H23FN2O3S/c1-15-7-6-12-23(14-15)20(24)16-8-5-9-17(13-16)27(25,26)22(2)19-11-4-3-10-18(19)21/h3-5,8-11,13,15H,6-7,12,14H2,1-2H3. The predicted octanol–water partition coefficient (Wildman–Crippen LogP) is 3.52. The van der Waals surface area contributed by atoms with Crippen molar-refractivity contribution < 1.29 is 17.6 Å². The van der Waals surface area contributed by atoms with E-state index < -0.39 is 15.8 Å². The molecule has 1 atom stereocenters. The lowest BCUT2D eigenvalue weighted by Gasteiger charge is -2.31. The Hall–Kier alpha value is -2.41. The van der Waals surface area contributed by atoms with Gasteiger partial charge >= 0.3 is 0 Å². The van der Waals surface area contributed by atoms with Crippen molar-refractivity contribution in [3.8, 4) is 0 Å². The van der Waals surface area contributed by atoms with Gasteiger partial charge in [0.2, 0.25) is 0 Å². The van der Waals surface area contributed by atoms with Gasteiger partial charge in [0.25, 0.3) is 15.9 Å². The number of anilines is 1. The quantitative estimate of drug-likeness (QED) is 0.803. The molecule has 0 bridgehead atoms. The fourth-order valence-electron chi connectivity index (χ4n) is 3.34. The predicted molar refractivity (Wildman–Crippen MR) is 103 cm³/mol. The van der Waals surface area contributed by atoms with Crippen molar-refractivity contribution in [1.82, 2.24) is 4.90 Å². The molecule has 1 fully saturated rings. The second-order valence-electron chi connectivity index (χ2n) is 6.95. The van der Waals surface area contributed by atoms with Gasteiger partial charge in [-0.15, -0.1) is 0 Å². The van der Waals surface area contributed by atoms with Gasteiger partial charge < -0.3 is 4.90 Å². The Kier molecular flexibility index (Phi) is 5.51. The first-order chi connectivity index (χ1) is 12.8. The molecule has 5 nitrogen and oxygen atoms in total. The van der Waals surface area contributed by atoms with E-state index in [0.717, 1.165) is 17.1 Å². The molecule has 27 heavy (non-hydrogen) atoms. The summed E-state index contributed by atoms with van der Waals surface area (Å²) in [7, 11) is -2.69. The molecule has 1 aliphatic rings. The number of carbonyl (C=O) groups is 1. The monoisotopic (exact) mass is 390 g/mol. The van der Waals surface area contributed by atoms with Crippen molar-refractivity contribution in [1.29, 1.82) is 0 Å². The maximum absolute atomic E-state index is 14.0. The zero-order valence-electron chi connectivity index (χ0n) is 15.4. The maximum Gasteiger partial charge on any atom is 0.264 e. The molecule has 1 heterocycles. The Morgan fingerprint density at radius 2 is 1.93 bits per heavy atom. The average Bonchev–Trinajstić information content (AvgIpc) is 2.67. The average molecular weight is 390 g/mol. The summed E-state index contributed by atoms with van der Waals surface area (Å²) < 4.78 is 40.7. The first-order valence-corrected chi connectivity index (χ1v) is 10.4. The van der Waals surface area contributed by atoms with Crippen LogP contribution >= 0.6 is 0 Å². The third-order valence-electron chi connectivity index (χ3n) is 4.88. The Morgan fingerprint density at radius 3 is 2.63 bits per heavy atom. The SMILES string of the molecule is CC1CCCN(C(=O)c2cccc(S(=O)(=O)N(C)c3ccccc3F)c2)C1. The second-order valence-corrected chi connectivity index (χ2v) is 8.92. The fourth-order valence-corrected chi connectivity index (χ4v) is 4.59. The highest BCUT2D eigenvalue weighted by molar-refractivity contribution is 7.92. The van der Waals surface area contributed by atoms with E-state index in [2.05, 4.69) is 6.92 Å². The van der Waals surface area contributed by atoms with E-state index in [9.17, 15) is 17.6 Å². The van der Waals surface area contributed by atoms with Gasteiger partial charge in [-0.2, -0.15) is 0 Å². The second kappa shape index (κ2) is 7.68. The molecule has 2 aromatic carbocycles. The molecule has 0 aliphatic carbocycles. The first-order valence-electron chi connectivity index (χ1n) is 8.93. The van der Waals surface area contributed by atoms with E-state index in [1.807, 2.05) is 0 Å². The topological polar surface area (TPSA) is 57.7 Å². The molecule has 1 aliphatic heterocycles. The zero-order chi connectivity index (χ0) is 19.6. The molecule has 0 N–H and O–H groups in total. The van der Waals surface area contributed by atoms with Crippen LogP contribution in [0.5, 0.6) is 0 Å². The minimum atomic E-state index is -3.99. The number of hydrogen-bond donors (Lipinski definition) is 0. The molecule has 0 saturated carbocycles. The highest BCUT2D eigenvalue weighted by Crippen LogP contribution is 2.26. The van der Waals surface area contributed by atoms with Crippen LogP contribution in [-0.2, 0) is 10.0 Å². The Bertz CT molecular complexity index is 946. The number of amides is 1. The molecule has 3 rings (SSSR count). The van der Waals surface area contributed by atoms with Crippen LogP contribution in [0.2, 0.25) is 0 Å². The summed E-state index contributed by atoms with van der Waals surface area (Å²) in [5.74, 6) is -0.368. The van der Waals surface area contributed by atoms with Crippen molar-refractivity contribution in [2.75, 3.05) is 24.4 Å². The molecule has 0 radical (unpaired) electrons. The van der Waals surface area contributed by atoms with Crippen molar-refractivity contribution in [3.63, 3.8) is 0 Å². The minimum Gasteiger partial charge on any atom is -0.338 e. The van der Waals surface area contributed by atoms with Gasteiger partial charge in [0.05, 0.1) is 10.6 Å². The van der Waals surface area contributed by atoms with Gasteiger partial charge in [-0.25, -0.2) is 12.8 Å². The lowest BCUT2D eigenvalue weighted by Crippen LogP contribution is -2.39. The number of piperidine rings is 1. The number of rotatable bonds is 4. The number of halogens is 1. The van der Waals surface area contributed by atoms with Crippen LogP contribution in [-0.4, -0.2) is 39.4 Å².